The first-order chi connectivity index (χ1) is 19.7. The van der Waals surface area contributed by atoms with Crippen molar-refractivity contribution >= 4 is 39.8 Å². The van der Waals surface area contributed by atoms with Gasteiger partial charge in [-0.25, -0.2) is 0 Å². The van der Waals surface area contributed by atoms with Crippen LogP contribution in [0.1, 0.15) is 44.6 Å². The van der Waals surface area contributed by atoms with Gasteiger partial charge in [-0.1, -0.05) is 54.1 Å². The van der Waals surface area contributed by atoms with Gasteiger partial charge < -0.3 is 26.0 Å². The molecule has 1 aromatic heterocycles. The van der Waals surface area contributed by atoms with E-state index in [-0.39, 0.29) is 30.7 Å². The van der Waals surface area contributed by atoms with E-state index < -0.39 is 23.7 Å². The standard InChI is InChI=1S/C33H44N4O4S/c1-22(20-33(3,4)34)16-30(39)36(5)29(18-24-13-14-25-10-7-8-11-26(25)17-24)32(41)37(6)28(19-27-12-9-15-42-27)31(40)35-21-23(2)38/h7-17,23,28-29,38H,18-21,34H2,1-6H3,(H,35,40)/t23-,28-,29-/m1/s1. The molecule has 4 N–H and O–H groups in total. The van der Waals surface area contributed by atoms with Crippen LogP contribution in [-0.2, 0) is 27.2 Å². The summed E-state index contributed by atoms with van der Waals surface area (Å²) in [6, 6.07) is 16.1. The van der Waals surface area contributed by atoms with Gasteiger partial charge in [-0.3, -0.25) is 14.4 Å². The molecule has 3 amide bonds. The normalized spacial score (nSPS) is 14.2. The van der Waals surface area contributed by atoms with Crippen LogP contribution in [0.25, 0.3) is 10.8 Å². The Morgan fingerprint density at radius 3 is 2.31 bits per heavy atom. The Morgan fingerprint density at radius 1 is 1.00 bits per heavy atom. The maximum absolute atomic E-state index is 14.2. The highest BCUT2D eigenvalue weighted by molar-refractivity contribution is 7.09. The molecule has 0 radical (unpaired) electrons. The van der Waals surface area contributed by atoms with Gasteiger partial charge in [-0.2, -0.15) is 0 Å². The first-order valence-electron chi connectivity index (χ1n) is 14.2. The molecule has 0 saturated carbocycles. The number of aliphatic hydroxyl groups excluding tert-OH is 1. The monoisotopic (exact) mass is 592 g/mol. The number of hydrogen-bond acceptors (Lipinski definition) is 6. The molecule has 42 heavy (non-hydrogen) atoms. The number of nitrogens with zero attached hydrogens (tertiary/aromatic N) is 2. The fourth-order valence-corrected chi connectivity index (χ4v) is 5.74. The van der Waals surface area contributed by atoms with Crippen LogP contribution in [0.15, 0.2) is 71.6 Å². The first kappa shape index (κ1) is 33.0. The fourth-order valence-electron chi connectivity index (χ4n) is 4.99. The van der Waals surface area contributed by atoms with Crippen molar-refractivity contribution in [1.29, 1.82) is 0 Å². The molecule has 0 aliphatic heterocycles. The van der Waals surface area contributed by atoms with Crippen LogP contribution in [-0.4, -0.2) is 77.0 Å². The third-order valence-corrected chi connectivity index (χ3v) is 8.01. The van der Waals surface area contributed by atoms with Gasteiger partial charge in [0.05, 0.1) is 6.10 Å². The van der Waals surface area contributed by atoms with Crippen LogP contribution < -0.4 is 11.1 Å². The summed E-state index contributed by atoms with van der Waals surface area (Å²) in [6.07, 6.45) is 1.93. The van der Waals surface area contributed by atoms with E-state index in [1.165, 1.54) is 27.2 Å². The van der Waals surface area contributed by atoms with Crippen molar-refractivity contribution in [3.63, 3.8) is 0 Å². The number of amides is 3. The molecule has 9 heteroatoms. The highest BCUT2D eigenvalue weighted by atomic mass is 32.1. The second-order valence-electron chi connectivity index (χ2n) is 11.8. The van der Waals surface area contributed by atoms with Gasteiger partial charge in [0.2, 0.25) is 17.7 Å². The molecule has 8 nitrogen and oxygen atoms in total. The molecule has 3 rings (SSSR count). The van der Waals surface area contributed by atoms with Crippen molar-refractivity contribution in [2.75, 3.05) is 20.6 Å². The van der Waals surface area contributed by atoms with Crippen molar-refractivity contribution in [1.82, 2.24) is 15.1 Å². The van der Waals surface area contributed by atoms with Gasteiger partial charge in [0.1, 0.15) is 12.1 Å². The van der Waals surface area contributed by atoms with Gasteiger partial charge in [-0.15, -0.1) is 11.3 Å². The Labute approximate surface area is 253 Å². The van der Waals surface area contributed by atoms with Crippen LogP contribution in [0, 0.1) is 0 Å². The minimum absolute atomic E-state index is 0.0717. The van der Waals surface area contributed by atoms with Crippen LogP contribution in [0.3, 0.4) is 0 Å². The van der Waals surface area contributed by atoms with E-state index in [9.17, 15) is 19.5 Å². The highest BCUT2D eigenvalue weighted by Crippen LogP contribution is 2.21. The average molecular weight is 593 g/mol. The number of carbonyl (C=O) groups excluding carboxylic acids is 3. The zero-order valence-electron chi connectivity index (χ0n) is 25.5. The summed E-state index contributed by atoms with van der Waals surface area (Å²) >= 11 is 1.51. The molecule has 1 heterocycles. The smallest absolute Gasteiger partial charge is 0.246 e. The van der Waals surface area contributed by atoms with Crippen molar-refractivity contribution in [3.05, 3.63) is 82.1 Å². The van der Waals surface area contributed by atoms with E-state index in [2.05, 4.69) is 5.32 Å². The molecule has 0 spiro atoms. The first-order valence-corrected chi connectivity index (χ1v) is 15.1. The molecule has 0 aliphatic carbocycles. The summed E-state index contributed by atoms with van der Waals surface area (Å²) in [6.45, 7) is 7.31. The van der Waals surface area contributed by atoms with E-state index >= 15 is 0 Å². The van der Waals surface area contributed by atoms with Crippen LogP contribution in [0.5, 0.6) is 0 Å². The van der Waals surface area contributed by atoms with Crippen LogP contribution >= 0.6 is 11.3 Å². The molecular formula is C33H44N4O4S. The number of likely N-dealkylation sites (N-methyl/N-ethyl adjacent to an activating group) is 2. The lowest BCUT2D eigenvalue weighted by Gasteiger charge is -2.34. The number of benzene rings is 2. The summed E-state index contributed by atoms with van der Waals surface area (Å²) in [4.78, 5) is 44.9. The predicted octanol–water partition coefficient (Wildman–Crippen LogP) is 3.91. The summed E-state index contributed by atoms with van der Waals surface area (Å²) < 4.78 is 0. The van der Waals surface area contributed by atoms with Crippen LogP contribution in [0.2, 0.25) is 0 Å². The van der Waals surface area contributed by atoms with Gasteiger partial charge in [0.15, 0.2) is 0 Å². The number of thiophene rings is 1. The quantitative estimate of drug-likeness (QED) is 0.260. The number of rotatable bonds is 13. The van der Waals surface area contributed by atoms with Crippen molar-refractivity contribution in [2.45, 2.75) is 70.7 Å². The highest BCUT2D eigenvalue weighted by Gasteiger charge is 2.35. The largest absolute Gasteiger partial charge is 0.392 e. The molecule has 3 atom stereocenters. The van der Waals surface area contributed by atoms with Gasteiger partial charge in [-0.05, 0) is 61.9 Å². The molecule has 2 aromatic carbocycles. The maximum atomic E-state index is 14.2. The van der Waals surface area contributed by atoms with Gasteiger partial charge >= 0.3 is 0 Å². The molecule has 0 fully saturated rings. The Balaban J connectivity index is 1.96. The Morgan fingerprint density at radius 2 is 1.69 bits per heavy atom. The van der Waals surface area contributed by atoms with E-state index in [0.717, 1.165) is 26.8 Å². The lowest BCUT2D eigenvalue weighted by molar-refractivity contribution is -0.146. The summed E-state index contributed by atoms with van der Waals surface area (Å²) in [7, 11) is 3.23. The summed E-state index contributed by atoms with van der Waals surface area (Å²) in [5, 5.41) is 16.5. The van der Waals surface area contributed by atoms with Crippen molar-refractivity contribution in [3.8, 4) is 0 Å². The van der Waals surface area contributed by atoms with E-state index in [1.54, 1.807) is 21.0 Å². The Bertz CT molecular complexity index is 1390. The molecule has 3 aromatic rings. The van der Waals surface area contributed by atoms with E-state index in [1.807, 2.05) is 80.7 Å². The Hall–Kier alpha value is -3.53. The van der Waals surface area contributed by atoms with Gasteiger partial charge in [0.25, 0.3) is 0 Å². The van der Waals surface area contributed by atoms with Gasteiger partial charge in [0, 0.05) is 50.0 Å². The zero-order valence-corrected chi connectivity index (χ0v) is 26.3. The maximum Gasteiger partial charge on any atom is 0.246 e. The number of fused-ring (bicyclic) bond motifs is 1. The van der Waals surface area contributed by atoms with E-state index in [0.29, 0.717) is 12.8 Å². The third-order valence-electron chi connectivity index (χ3n) is 7.11. The molecule has 0 aliphatic rings. The number of aliphatic hydroxyl groups is 1. The Kier molecular flexibility index (Phi) is 11.4. The summed E-state index contributed by atoms with van der Waals surface area (Å²) in [5.74, 6) is -1.02. The predicted molar refractivity (Wildman–Crippen MR) is 170 cm³/mol. The SMILES string of the molecule is CC(=CC(=O)N(C)[C@H](Cc1ccc2ccccc2c1)C(=O)N(C)[C@H](Cc1cccs1)C(=O)NC[C@@H](C)O)CC(C)(C)N. The fraction of sp³-hybridized carbons (Fsp3) is 0.424. The van der Waals surface area contributed by atoms with Crippen LogP contribution in [0.4, 0.5) is 0 Å². The molecule has 0 saturated heterocycles. The minimum atomic E-state index is -0.867. The molecule has 0 bridgehead atoms. The number of nitrogens with two attached hydrogens (primary N) is 1. The van der Waals surface area contributed by atoms with E-state index in [4.69, 9.17) is 5.73 Å². The molecule has 0 unspecified atom stereocenters. The van der Waals surface area contributed by atoms with Crippen molar-refractivity contribution < 1.29 is 19.5 Å². The second kappa shape index (κ2) is 14.6. The average Bonchev–Trinajstić information content (AvgIpc) is 3.44. The molecular weight excluding hydrogens is 548 g/mol. The number of carbonyl (C=O) groups is 3. The van der Waals surface area contributed by atoms with Crippen molar-refractivity contribution in [2.24, 2.45) is 5.73 Å². The number of nitrogens with one attached hydrogen (secondary N) is 1. The second-order valence-corrected chi connectivity index (χ2v) is 12.9. The molecule has 226 valence electrons. The lowest BCUT2D eigenvalue weighted by Crippen LogP contribution is -2.56. The third kappa shape index (κ3) is 9.51. The topological polar surface area (TPSA) is 116 Å². The lowest BCUT2D eigenvalue weighted by atomic mass is 9.96. The summed E-state index contributed by atoms with van der Waals surface area (Å²) in [5.41, 5.74) is 7.40. The zero-order chi connectivity index (χ0) is 31.0. The minimum Gasteiger partial charge on any atom is -0.392 e. The number of hydrogen-bond donors (Lipinski definition) is 3.